The summed E-state index contributed by atoms with van der Waals surface area (Å²) in [5.41, 5.74) is 0.0722. The van der Waals surface area contributed by atoms with Crippen molar-refractivity contribution in [1.82, 2.24) is 5.32 Å². The van der Waals surface area contributed by atoms with Gasteiger partial charge < -0.3 is 10.4 Å². The molecule has 2 atom stereocenters. The molecule has 0 aliphatic rings. The van der Waals surface area contributed by atoms with Crippen LogP contribution in [-0.4, -0.2) is 34.4 Å². The molecule has 3 nitrogen and oxygen atoms in total. The Morgan fingerprint density at radius 1 is 1.44 bits per heavy atom. The lowest BCUT2D eigenvalue weighted by atomic mass is 10.1. The molecule has 0 spiro atoms. The molecule has 0 amide bonds. The van der Waals surface area contributed by atoms with Crippen LogP contribution >= 0.6 is 0 Å². The molecule has 18 heavy (non-hydrogen) atoms. The van der Waals surface area contributed by atoms with E-state index in [9.17, 15) is 18.1 Å². The van der Waals surface area contributed by atoms with Crippen LogP contribution in [0.2, 0.25) is 0 Å². The van der Waals surface area contributed by atoms with Crippen LogP contribution in [0.25, 0.3) is 0 Å². The van der Waals surface area contributed by atoms with Gasteiger partial charge in [-0.05, 0) is 19.0 Å². The third-order valence-corrected chi connectivity index (χ3v) is 3.31. The van der Waals surface area contributed by atoms with E-state index >= 15 is 0 Å². The van der Waals surface area contributed by atoms with Gasteiger partial charge in [0, 0.05) is 41.0 Å². The molecule has 1 aromatic rings. The average molecular weight is 277 g/mol. The van der Waals surface area contributed by atoms with Gasteiger partial charge >= 0.3 is 0 Å². The largest absolute Gasteiger partial charge is 0.387 e. The molecule has 0 aromatic heterocycles. The highest BCUT2D eigenvalue weighted by molar-refractivity contribution is 7.84. The molecule has 2 unspecified atom stereocenters. The lowest BCUT2D eigenvalue weighted by Gasteiger charge is -2.12. The van der Waals surface area contributed by atoms with Gasteiger partial charge in [-0.3, -0.25) is 4.21 Å². The van der Waals surface area contributed by atoms with Gasteiger partial charge in [0.05, 0.1) is 6.10 Å². The average Bonchev–Trinajstić information content (AvgIpc) is 2.27. The second-order valence-corrected chi connectivity index (χ2v) is 5.57. The second kappa shape index (κ2) is 7.56. The van der Waals surface area contributed by atoms with Crippen LogP contribution < -0.4 is 5.32 Å². The molecule has 0 aliphatic carbocycles. The lowest BCUT2D eigenvalue weighted by molar-refractivity contribution is 0.170. The van der Waals surface area contributed by atoms with Crippen molar-refractivity contribution >= 4 is 10.8 Å². The zero-order valence-corrected chi connectivity index (χ0v) is 11.0. The minimum atomic E-state index is -1.02. The maximum absolute atomic E-state index is 13.3. The Morgan fingerprint density at radius 3 is 2.78 bits per heavy atom. The summed E-state index contributed by atoms with van der Waals surface area (Å²) in [6.07, 6.45) is 1.34. The van der Waals surface area contributed by atoms with Crippen LogP contribution in [0.3, 0.4) is 0 Å². The number of aliphatic hydroxyl groups is 1. The third-order valence-electron chi connectivity index (χ3n) is 2.44. The number of hydrogen-bond acceptors (Lipinski definition) is 3. The van der Waals surface area contributed by atoms with E-state index in [1.54, 1.807) is 6.26 Å². The van der Waals surface area contributed by atoms with Crippen LogP contribution in [0.4, 0.5) is 8.78 Å². The highest BCUT2D eigenvalue weighted by Gasteiger charge is 2.12. The predicted molar refractivity (Wildman–Crippen MR) is 67.7 cm³/mol. The highest BCUT2D eigenvalue weighted by atomic mass is 32.2. The van der Waals surface area contributed by atoms with Crippen molar-refractivity contribution in [2.45, 2.75) is 12.5 Å². The Labute approximate surface area is 108 Å². The molecule has 1 aromatic carbocycles. The van der Waals surface area contributed by atoms with Crippen molar-refractivity contribution in [2.24, 2.45) is 0 Å². The molecule has 0 saturated carbocycles. The van der Waals surface area contributed by atoms with E-state index in [0.717, 1.165) is 18.6 Å². The Morgan fingerprint density at radius 2 is 2.17 bits per heavy atom. The predicted octanol–water partition coefficient (Wildman–Crippen LogP) is 1.36. The first-order valence-electron chi connectivity index (χ1n) is 5.64. The van der Waals surface area contributed by atoms with Crippen LogP contribution in [0.15, 0.2) is 18.2 Å². The Kier molecular flexibility index (Phi) is 6.38. The molecule has 0 bridgehead atoms. The smallest absolute Gasteiger partial charge is 0.131 e. The first-order valence-corrected chi connectivity index (χ1v) is 7.37. The van der Waals surface area contributed by atoms with Crippen molar-refractivity contribution < 1.29 is 18.1 Å². The van der Waals surface area contributed by atoms with E-state index in [1.807, 2.05) is 0 Å². The maximum Gasteiger partial charge on any atom is 0.131 e. The van der Waals surface area contributed by atoms with E-state index in [-0.39, 0.29) is 12.1 Å². The zero-order valence-electron chi connectivity index (χ0n) is 10.2. The molecule has 0 aliphatic heterocycles. The number of halogens is 2. The summed E-state index contributed by atoms with van der Waals surface area (Å²) in [4.78, 5) is 0. The van der Waals surface area contributed by atoms with Crippen molar-refractivity contribution in [3.05, 3.63) is 35.4 Å². The third kappa shape index (κ3) is 5.20. The molecule has 2 N–H and O–H groups in total. The molecule has 0 radical (unpaired) electrons. The topological polar surface area (TPSA) is 49.3 Å². The number of benzene rings is 1. The first kappa shape index (κ1) is 15.2. The monoisotopic (exact) mass is 277 g/mol. The molecule has 1 rings (SSSR count). The van der Waals surface area contributed by atoms with Crippen LogP contribution in [0, 0.1) is 11.6 Å². The molecule has 6 heteroatoms. The minimum Gasteiger partial charge on any atom is -0.387 e. The van der Waals surface area contributed by atoms with Gasteiger partial charge in [0.1, 0.15) is 11.6 Å². The zero-order chi connectivity index (χ0) is 13.5. The summed E-state index contributed by atoms with van der Waals surface area (Å²) >= 11 is 0. The van der Waals surface area contributed by atoms with Gasteiger partial charge in [0.15, 0.2) is 0 Å². The molecular weight excluding hydrogens is 260 g/mol. The summed E-state index contributed by atoms with van der Waals surface area (Å²) in [5.74, 6) is -0.825. The fourth-order valence-electron chi connectivity index (χ4n) is 1.52. The molecule has 0 fully saturated rings. The standard InChI is InChI=1S/C12H17F2NO2S/c1-18(17)6-2-5-15-8-12(16)10-4-3-9(13)7-11(10)14/h3-4,7,12,15-16H,2,5-6,8H2,1H3. The summed E-state index contributed by atoms with van der Waals surface area (Å²) in [6.45, 7) is 0.776. The fourth-order valence-corrected chi connectivity index (χ4v) is 2.07. The fraction of sp³-hybridized carbons (Fsp3) is 0.500. The molecule has 102 valence electrons. The van der Waals surface area contributed by atoms with Crippen molar-refractivity contribution in [3.8, 4) is 0 Å². The Balaban J connectivity index is 2.36. The van der Waals surface area contributed by atoms with Gasteiger partial charge in [-0.2, -0.15) is 0 Å². The maximum atomic E-state index is 13.3. The number of aliphatic hydroxyl groups excluding tert-OH is 1. The number of nitrogens with one attached hydrogen (secondary N) is 1. The molecular formula is C12H17F2NO2S. The van der Waals surface area contributed by atoms with Crippen molar-refractivity contribution in [2.75, 3.05) is 25.1 Å². The SMILES string of the molecule is CS(=O)CCCNCC(O)c1ccc(F)cc1F. The van der Waals surface area contributed by atoms with Gasteiger partial charge in [0.25, 0.3) is 0 Å². The van der Waals surface area contributed by atoms with E-state index in [4.69, 9.17) is 0 Å². The lowest BCUT2D eigenvalue weighted by Crippen LogP contribution is -2.24. The van der Waals surface area contributed by atoms with Gasteiger partial charge in [-0.25, -0.2) is 8.78 Å². The van der Waals surface area contributed by atoms with Gasteiger partial charge in [-0.1, -0.05) is 6.07 Å². The number of rotatable bonds is 7. The van der Waals surface area contributed by atoms with Gasteiger partial charge in [0.2, 0.25) is 0 Å². The van der Waals surface area contributed by atoms with E-state index in [2.05, 4.69) is 5.32 Å². The molecule has 0 saturated heterocycles. The summed E-state index contributed by atoms with van der Waals surface area (Å²) in [6, 6.07) is 3.10. The van der Waals surface area contributed by atoms with Crippen LogP contribution in [-0.2, 0) is 10.8 Å². The van der Waals surface area contributed by atoms with E-state index in [1.165, 1.54) is 6.07 Å². The number of hydrogen-bond donors (Lipinski definition) is 2. The normalized spacial score (nSPS) is 14.4. The van der Waals surface area contributed by atoms with Crippen molar-refractivity contribution in [1.29, 1.82) is 0 Å². The molecule has 0 heterocycles. The Bertz CT molecular complexity index is 415. The van der Waals surface area contributed by atoms with E-state index in [0.29, 0.717) is 12.3 Å². The van der Waals surface area contributed by atoms with Crippen LogP contribution in [0.5, 0.6) is 0 Å². The minimum absolute atomic E-state index is 0.0722. The summed E-state index contributed by atoms with van der Waals surface area (Å²) in [7, 11) is -0.826. The first-order chi connectivity index (χ1) is 8.50. The summed E-state index contributed by atoms with van der Waals surface area (Å²) in [5, 5.41) is 12.7. The van der Waals surface area contributed by atoms with Crippen molar-refractivity contribution in [3.63, 3.8) is 0 Å². The second-order valence-electron chi connectivity index (χ2n) is 4.02. The van der Waals surface area contributed by atoms with E-state index < -0.39 is 28.5 Å². The van der Waals surface area contributed by atoms with Crippen LogP contribution in [0.1, 0.15) is 18.1 Å². The quantitative estimate of drug-likeness (QED) is 0.740. The Hall–Kier alpha value is -0.850. The summed E-state index contributed by atoms with van der Waals surface area (Å²) < 4.78 is 36.8. The van der Waals surface area contributed by atoms with Gasteiger partial charge in [-0.15, -0.1) is 0 Å². The highest BCUT2D eigenvalue weighted by Crippen LogP contribution is 2.17.